The van der Waals surface area contributed by atoms with Crippen LogP contribution in [0.2, 0.25) is 0 Å². The number of hydrogen-bond donors (Lipinski definition) is 1. The van der Waals surface area contributed by atoms with Crippen molar-refractivity contribution in [1.82, 2.24) is 4.98 Å². The van der Waals surface area contributed by atoms with E-state index in [4.69, 9.17) is 4.74 Å². The van der Waals surface area contributed by atoms with Crippen molar-refractivity contribution in [3.05, 3.63) is 35.2 Å². The van der Waals surface area contributed by atoms with Crippen LogP contribution in [0.25, 0.3) is 9.53 Å². The van der Waals surface area contributed by atoms with Gasteiger partial charge in [0.2, 0.25) is 0 Å². The Morgan fingerprint density at radius 1 is 1.22 bits per heavy atom. The molecule has 1 aliphatic heterocycles. The maximum Gasteiger partial charge on any atom is 0.265 e. The van der Waals surface area contributed by atoms with E-state index in [0.29, 0.717) is 23.7 Å². The lowest BCUT2D eigenvalue weighted by Crippen LogP contribution is -2.39. The van der Waals surface area contributed by atoms with Crippen molar-refractivity contribution < 1.29 is 18.3 Å². The number of fused-ring (bicyclic) bond motifs is 1. The van der Waals surface area contributed by atoms with Crippen molar-refractivity contribution in [2.24, 2.45) is 0 Å². The number of rotatable bonds is 4. The Hall–Kier alpha value is -2.26. The van der Waals surface area contributed by atoms with E-state index >= 15 is 0 Å². The predicted octanol–water partition coefficient (Wildman–Crippen LogP) is 4.85. The number of carbonyl (C=O) groups is 1. The van der Waals surface area contributed by atoms with E-state index in [1.807, 2.05) is 4.90 Å². The standard InChI is InChI=1S/C18H17F2N3O2S2/c1-25-12-4-2-11(3-5-12)21-15(24)13-10-14-16(26-13)22-17(27-14)23-8-6-18(19,20)7-9-23/h2-5,10H,6-9H2,1H3,(H,21,24). The number of aromatic nitrogens is 1. The zero-order valence-electron chi connectivity index (χ0n) is 14.5. The molecule has 0 aliphatic carbocycles. The fourth-order valence-electron chi connectivity index (χ4n) is 2.86. The molecule has 9 heteroatoms. The van der Waals surface area contributed by atoms with Crippen LogP contribution >= 0.6 is 22.7 Å². The monoisotopic (exact) mass is 409 g/mol. The molecular weight excluding hydrogens is 392 g/mol. The summed E-state index contributed by atoms with van der Waals surface area (Å²) in [5, 5.41) is 3.59. The number of halogens is 2. The number of nitrogens with zero attached hydrogens (tertiary/aromatic N) is 2. The number of amides is 1. The summed E-state index contributed by atoms with van der Waals surface area (Å²) >= 11 is 2.74. The number of carbonyl (C=O) groups excluding carboxylic acids is 1. The lowest BCUT2D eigenvalue weighted by molar-refractivity contribution is -0.0220. The first-order valence-corrected chi connectivity index (χ1v) is 10.1. The number of methoxy groups -OCH3 is 1. The van der Waals surface area contributed by atoms with Crippen molar-refractivity contribution in [3.8, 4) is 5.75 Å². The highest BCUT2D eigenvalue weighted by Gasteiger charge is 2.35. The number of thiophene rings is 1. The molecule has 1 amide bonds. The molecule has 1 aliphatic rings. The summed E-state index contributed by atoms with van der Waals surface area (Å²) < 4.78 is 32.6. The minimum atomic E-state index is -2.57. The van der Waals surface area contributed by atoms with Crippen LogP contribution in [0.15, 0.2) is 30.3 Å². The maximum absolute atomic E-state index is 13.3. The van der Waals surface area contributed by atoms with Crippen molar-refractivity contribution in [1.29, 1.82) is 0 Å². The quantitative estimate of drug-likeness (QED) is 0.669. The van der Waals surface area contributed by atoms with Crippen LogP contribution < -0.4 is 15.0 Å². The van der Waals surface area contributed by atoms with Crippen molar-refractivity contribution in [3.63, 3.8) is 0 Å². The molecule has 1 N–H and O–H groups in total. The number of hydrogen-bond acceptors (Lipinski definition) is 6. The second-order valence-electron chi connectivity index (χ2n) is 6.30. The average molecular weight is 409 g/mol. The zero-order chi connectivity index (χ0) is 19.0. The summed E-state index contributed by atoms with van der Waals surface area (Å²) in [5.41, 5.74) is 0.681. The first-order chi connectivity index (χ1) is 12.9. The zero-order valence-corrected chi connectivity index (χ0v) is 16.1. The van der Waals surface area contributed by atoms with E-state index < -0.39 is 5.92 Å². The number of ether oxygens (including phenoxy) is 1. The molecule has 3 aromatic rings. The minimum Gasteiger partial charge on any atom is -0.497 e. The summed E-state index contributed by atoms with van der Waals surface area (Å²) in [7, 11) is 1.59. The molecule has 5 nitrogen and oxygen atoms in total. The van der Waals surface area contributed by atoms with Crippen molar-refractivity contribution in [2.45, 2.75) is 18.8 Å². The fourth-order valence-corrected chi connectivity index (χ4v) is 5.02. The lowest BCUT2D eigenvalue weighted by atomic mass is 10.1. The second kappa shape index (κ2) is 7.05. The molecule has 1 fully saturated rings. The Balaban J connectivity index is 1.46. The van der Waals surface area contributed by atoms with Crippen LogP contribution in [-0.2, 0) is 0 Å². The molecule has 1 aromatic carbocycles. The SMILES string of the molecule is COc1ccc(NC(=O)c2cc3sc(N4CCC(F)(F)CC4)nc3s2)cc1. The van der Waals surface area contributed by atoms with Gasteiger partial charge in [0.05, 0.1) is 16.7 Å². The van der Waals surface area contributed by atoms with E-state index in [1.165, 1.54) is 22.7 Å². The normalized spacial score (nSPS) is 16.5. The molecule has 0 bridgehead atoms. The fraction of sp³-hybridized carbons (Fsp3) is 0.333. The number of thiazole rings is 1. The summed E-state index contributed by atoms with van der Waals surface area (Å²) in [6.07, 6.45) is -0.286. The van der Waals surface area contributed by atoms with Gasteiger partial charge in [-0.05, 0) is 30.3 Å². The van der Waals surface area contributed by atoms with Crippen LogP contribution in [0, 0.1) is 0 Å². The van der Waals surface area contributed by atoms with Crippen molar-refractivity contribution >= 4 is 48.9 Å². The van der Waals surface area contributed by atoms with E-state index in [0.717, 1.165) is 20.4 Å². The highest BCUT2D eigenvalue weighted by Crippen LogP contribution is 2.37. The third-order valence-corrected chi connectivity index (χ3v) is 6.64. The van der Waals surface area contributed by atoms with Crippen LogP contribution in [0.5, 0.6) is 5.75 Å². The topological polar surface area (TPSA) is 54.5 Å². The van der Waals surface area contributed by atoms with Crippen molar-refractivity contribution in [2.75, 3.05) is 30.4 Å². The Labute approximate surface area is 162 Å². The van der Waals surface area contributed by atoms with Gasteiger partial charge in [0.25, 0.3) is 11.8 Å². The molecule has 2 aromatic heterocycles. The first kappa shape index (κ1) is 18.1. The number of alkyl halides is 2. The average Bonchev–Trinajstić information content (AvgIpc) is 3.21. The van der Waals surface area contributed by atoms with Gasteiger partial charge in [0.15, 0.2) is 5.13 Å². The Morgan fingerprint density at radius 3 is 2.56 bits per heavy atom. The third-order valence-electron chi connectivity index (χ3n) is 4.42. The lowest BCUT2D eigenvalue weighted by Gasteiger charge is -2.31. The second-order valence-corrected chi connectivity index (χ2v) is 8.34. The van der Waals surface area contributed by atoms with Gasteiger partial charge in [-0.1, -0.05) is 11.3 Å². The van der Waals surface area contributed by atoms with Gasteiger partial charge in [0, 0.05) is 31.6 Å². The highest BCUT2D eigenvalue weighted by molar-refractivity contribution is 7.29. The van der Waals surface area contributed by atoms with Gasteiger partial charge in [-0.3, -0.25) is 4.79 Å². The van der Waals surface area contributed by atoms with Gasteiger partial charge in [-0.2, -0.15) is 0 Å². The highest BCUT2D eigenvalue weighted by atomic mass is 32.1. The molecule has 0 atom stereocenters. The van der Waals surface area contributed by atoms with Crippen LogP contribution in [0.4, 0.5) is 19.6 Å². The third kappa shape index (κ3) is 3.89. The van der Waals surface area contributed by atoms with Crippen LogP contribution in [-0.4, -0.2) is 37.0 Å². The molecule has 142 valence electrons. The van der Waals surface area contributed by atoms with Gasteiger partial charge in [-0.15, -0.1) is 11.3 Å². The Bertz CT molecular complexity index is 927. The molecule has 0 radical (unpaired) electrons. The number of benzene rings is 1. The molecular formula is C18H17F2N3O2S2. The van der Waals surface area contributed by atoms with Crippen LogP contribution in [0.1, 0.15) is 22.5 Å². The molecule has 0 unspecified atom stereocenters. The summed E-state index contributed by atoms with van der Waals surface area (Å²) in [4.78, 5) is 20.2. The van der Waals surface area contributed by atoms with E-state index in [-0.39, 0.29) is 18.7 Å². The van der Waals surface area contributed by atoms with Gasteiger partial charge in [-0.25, -0.2) is 13.8 Å². The molecule has 27 heavy (non-hydrogen) atoms. The smallest absolute Gasteiger partial charge is 0.265 e. The van der Waals surface area contributed by atoms with Gasteiger partial charge >= 0.3 is 0 Å². The van der Waals surface area contributed by atoms with Gasteiger partial charge < -0.3 is 15.0 Å². The molecule has 1 saturated heterocycles. The first-order valence-electron chi connectivity index (χ1n) is 8.42. The van der Waals surface area contributed by atoms with Gasteiger partial charge in [0.1, 0.15) is 10.6 Å². The largest absolute Gasteiger partial charge is 0.497 e. The summed E-state index contributed by atoms with van der Waals surface area (Å²) in [5.74, 6) is -2.05. The van der Waals surface area contributed by atoms with E-state index in [1.54, 1.807) is 37.4 Å². The molecule has 0 spiro atoms. The Morgan fingerprint density at radius 2 is 1.93 bits per heavy atom. The van der Waals surface area contributed by atoms with E-state index in [2.05, 4.69) is 10.3 Å². The molecule has 0 saturated carbocycles. The maximum atomic E-state index is 13.3. The number of nitrogens with one attached hydrogen (secondary N) is 1. The van der Waals surface area contributed by atoms with Crippen LogP contribution in [0.3, 0.4) is 0 Å². The summed E-state index contributed by atoms with van der Waals surface area (Å²) in [6, 6.07) is 8.90. The minimum absolute atomic E-state index is 0.143. The number of anilines is 2. The van der Waals surface area contributed by atoms with E-state index in [9.17, 15) is 13.6 Å². The summed E-state index contributed by atoms with van der Waals surface area (Å²) in [6.45, 7) is 0.608. The molecule has 4 rings (SSSR count). The number of piperidine rings is 1. The Kier molecular flexibility index (Phi) is 4.73. The molecule has 3 heterocycles. The predicted molar refractivity (Wildman–Crippen MR) is 105 cm³/mol.